The Hall–Kier alpha value is -2.21. The summed E-state index contributed by atoms with van der Waals surface area (Å²) >= 11 is 0. The number of hydrogen-bond donors (Lipinski definition) is 2. The minimum Gasteiger partial charge on any atom is -0.362 e. The van der Waals surface area contributed by atoms with Crippen LogP contribution in [0, 0.1) is 11.3 Å². The number of H-pyrrole nitrogens is 2. The van der Waals surface area contributed by atoms with Gasteiger partial charge in [0.05, 0.1) is 11.3 Å². The predicted molar refractivity (Wildman–Crippen MR) is 55.1 cm³/mol. The van der Waals surface area contributed by atoms with Crippen LogP contribution < -0.4 is 0 Å². The van der Waals surface area contributed by atoms with E-state index in [-0.39, 0.29) is 0 Å². The molecule has 0 saturated heterocycles. The van der Waals surface area contributed by atoms with Crippen molar-refractivity contribution < 1.29 is 0 Å². The Morgan fingerprint density at radius 2 is 2.00 bits per heavy atom. The summed E-state index contributed by atoms with van der Waals surface area (Å²) in [5, 5.41) is 8.94. The molecule has 0 unspecified atom stereocenters. The fourth-order valence-corrected chi connectivity index (χ4v) is 1.26. The van der Waals surface area contributed by atoms with E-state index in [1.165, 1.54) is 0 Å². The Labute approximate surface area is 81.7 Å². The number of nitrogens with zero attached hydrogens (tertiary/aromatic N) is 1. The maximum Gasteiger partial charge on any atom is 0.101 e. The highest BCUT2D eigenvalue weighted by Crippen LogP contribution is 2.14. The highest BCUT2D eigenvalue weighted by Gasteiger charge is 2.00. The topological polar surface area (TPSA) is 55.4 Å². The van der Waals surface area contributed by atoms with E-state index in [1.54, 1.807) is 6.20 Å². The van der Waals surface area contributed by atoms with Gasteiger partial charge in [0.1, 0.15) is 6.07 Å². The standard InChI is InChI=1S/C11H9N3/c12-8-9(11-4-2-6-14-11)7-10-3-1-5-13-10/h1-7,13-14H/b9-7+. The first-order valence-electron chi connectivity index (χ1n) is 4.29. The average molecular weight is 183 g/mol. The lowest BCUT2D eigenvalue weighted by atomic mass is 10.2. The molecule has 3 heteroatoms. The summed E-state index contributed by atoms with van der Waals surface area (Å²) in [7, 11) is 0. The second-order valence-corrected chi connectivity index (χ2v) is 2.88. The van der Waals surface area contributed by atoms with E-state index in [1.807, 2.05) is 36.5 Å². The zero-order valence-corrected chi connectivity index (χ0v) is 7.49. The lowest BCUT2D eigenvalue weighted by Crippen LogP contribution is -1.80. The summed E-state index contributed by atoms with van der Waals surface area (Å²) in [6.45, 7) is 0. The molecule has 0 saturated carbocycles. The number of rotatable bonds is 2. The molecule has 0 fully saturated rings. The van der Waals surface area contributed by atoms with E-state index >= 15 is 0 Å². The van der Waals surface area contributed by atoms with Crippen LogP contribution in [0.4, 0.5) is 0 Å². The minimum atomic E-state index is 0.623. The van der Waals surface area contributed by atoms with Crippen molar-refractivity contribution >= 4 is 11.6 Å². The molecule has 0 spiro atoms. The maximum atomic E-state index is 8.94. The van der Waals surface area contributed by atoms with E-state index in [9.17, 15) is 0 Å². The summed E-state index contributed by atoms with van der Waals surface area (Å²) in [5.74, 6) is 0. The molecule has 2 aromatic heterocycles. The van der Waals surface area contributed by atoms with Crippen LogP contribution in [-0.4, -0.2) is 9.97 Å². The molecular weight excluding hydrogens is 174 g/mol. The summed E-state index contributed by atoms with van der Waals surface area (Å²) < 4.78 is 0. The van der Waals surface area contributed by atoms with Gasteiger partial charge >= 0.3 is 0 Å². The summed E-state index contributed by atoms with van der Waals surface area (Å²) in [6, 6.07) is 9.71. The van der Waals surface area contributed by atoms with Crippen molar-refractivity contribution in [3.8, 4) is 6.07 Å². The van der Waals surface area contributed by atoms with Crippen LogP contribution in [0.25, 0.3) is 11.6 Å². The number of aromatic nitrogens is 2. The summed E-state index contributed by atoms with van der Waals surface area (Å²) in [6.07, 6.45) is 5.44. The average Bonchev–Trinajstić information content (AvgIpc) is 2.86. The number of nitrogens with one attached hydrogen (secondary N) is 2. The van der Waals surface area contributed by atoms with Crippen LogP contribution in [0.3, 0.4) is 0 Å². The first kappa shape index (κ1) is 8.39. The first-order chi connectivity index (χ1) is 6.90. The van der Waals surface area contributed by atoms with Gasteiger partial charge in [0, 0.05) is 18.1 Å². The van der Waals surface area contributed by atoms with Crippen LogP contribution in [0.15, 0.2) is 36.7 Å². The molecule has 2 rings (SSSR count). The molecule has 0 aliphatic heterocycles. The third-order valence-corrected chi connectivity index (χ3v) is 1.93. The van der Waals surface area contributed by atoms with Gasteiger partial charge in [-0.25, -0.2) is 0 Å². The van der Waals surface area contributed by atoms with Crippen molar-refractivity contribution in [1.29, 1.82) is 5.26 Å². The van der Waals surface area contributed by atoms with Crippen LogP contribution >= 0.6 is 0 Å². The molecule has 0 aliphatic rings. The summed E-state index contributed by atoms with van der Waals surface area (Å²) in [5.41, 5.74) is 2.38. The van der Waals surface area contributed by atoms with Gasteiger partial charge in [0.2, 0.25) is 0 Å². The maximum absolute atomic E-state index is 8.94. The second kappa shape index (κ2) is 3.67. The molecule has 0 atom stereocenters. The molecular formula is C11H9N3. The number of hydrogen-bond acceptors (Lipinski definition) is 1. The molecule has 0 amide bonds. The molecule has 14 heavy (non-hydrogen) atoms. The normalized spacial score (nSPS) is 11.2. The SMILES string of the molecule is N#C/C(=C\c1ccc[nH]1)c1ccc[nH]1. The van der Waals surface area contributed by atoms with Gasteiger partial charge in [0.15, 0.2) is 0 Å². The predicted octanol–water partition coefficient (Wildman–Crippen LogP) is 2.41. The van der Waals surface area contributed by atoms with Gasteiger partial charge in [0.25, 0.3) is 0 Å². The van der Waals surface area contributed by atoms with E-state index in [0.29, 0.717) is 5.57 Å². The lowest BCUT2D eigenvalue weighted by Gasteiger charge is -1.92. The van der Waals surface area contributed by atoms with E-state index in [0.717, 1.165) is 11.4 Å². The summed E-state index contributed by atoms with van der Waals surface area (Å²) in [4.78, 5) is 6.02. The minimum absolute atomic E-state index is 0.623. The highest BCUT2D eigenvalue weighted by molar-refractivity contribution is 5.87. The van der Waals surface area contributed by atoms with Gasteiger partial charge in [-0.15, -0.1) is 0 Å². The number of aromatic amines is 2. The lowest BCUT2D eigenvalue weighted by molar-refractivity contribution is 1.35. The quantitative estimate of drug-likeness (QED) is 0.690. The van der Waals surface area contributed by atoms with Crippen molar-refractivity contribution in [2.24, 2.45) is 0 Å². The first-order valence-corrected chi connectivity index (χ1v) is 4.29. The van der Waals surface area contributed by atoms with Crippen molar-refractivity contribution in [3.63, 3.8) is 0 Å². The molecule has 0 radical (unpaired) electrons. The van der Waals surface area contributed by atoms with Crippen LogP contribution in [0.1, 0.15) is 11.4 Å². The Balaban J connectivity index is 2.37. The highest BCUT2D eigenvalue weighted by atomic mass is 14.7. The molecule has 0 aliphatic carbocycles. The van der Waals surface area contributed by atoms with Gasteiger partial charge in [-0.2, -0.15) is 5.26 Å². The van der Waals surface area contributed by atoms with E-state index < -0.39 is 0 Å². The Morgan fingerprint density at radius 1 is 1.21 bits per heavy atom. The van der Waals surface area contributed by atoms with Crippen molar-refractivity contribution in [3.05, 3.63) is 48.0 Å². The smallest absolute Gasteiger partial charge is 0.101 e. The van der Waals surface area contributed by atoms with Crippen LogP contribution in [-0.2, 0) is 0 Å². The Morgan fingerprint density at radius 3 is 2.57 bits per heavy atom. The van der Waals surface area contributed by atoms with Crippen LogP contribution in [0.5, 0.6) is 0 Å². The molecule has 68 valence electrons. The zero-order chi connectivity index (χ0) is 9.80. The van der Waals surface area contributed by atoms with Gasteiger partial charge in [-0.1, -0.05) is 0 Å². The fourth-order valence-electron chi connectivity index (χ4n) is 1.26. The van der Waals surface area contributed by atoms with Gasteiger partial charge in [-0.05, 0) is 30.3 Å². The van der Waals surface area contributed by atoms with Crippen LogP contribution in [0.2, 0.25) is 0 Å². The molecule has 2 N–H and O–H groups in total. The fraction of sp³-hybridized carbons (Fsp3) is 0. The number of nitriles is 1. The van der Waals surface area contributed by atoms with E-state index in [4.69, 9.17) is 5.26 Å². The molecule has 3 nitrogen and oxygen atoms in total. The van der Waals surface area contributed by atoms with Gasteiger partial charge in [-0.3, -0.25) is 0 Å². The van der Waals surface area contributed by atoms with Crippen molar-refractivity contribution in [1.82, 2.24) is 9.97 Å². The molecule has 2 heterocycles. The second-order valence-electron chi connectivity index (χ2n) is 2.88. The van der Waals surface area contributed by atoms with Crippen molar-refractivity contribution in [2.75, 3.05) is 0 Å². The molecule has 2 aromatic rings. The van der Waals surface area contributed by atoms with Gasteiger partial charge < -0.3 is 9.97 Å². The third-order valence-electron chi connectivity index (χ3n) is 1.93. The van der Waals surface area contributed by atoms with Crippen molar-refractivity contribution in [2.45, 2.75) is 0 Å². The molecule has 0 bridgehead atoms. The third kappa shape index (κ3) is 1.59. The Kier molecular flexibility index (Phi) is 2.20. The largest absolute Gasteiger partial charge is 0.362 e. The Bertz CT molecular complexity index is 455. The van der Waals surface area contributed by atoms with E-state index in [2.05, 4.69) is 16.0 Å². The number of allylic oxidation sites excluding steroid dienone is 1. The molecule has 0 aromatic carbocycles. The zero-order valence-electron chi connectivity index (χ0n) is 7.49. The monoisotopic (exact) mass is 183 g/mol.